The first-order valence-corrected chi connectivity index (χ1v) is 9.22. The van der Waals surface area contributed by atoms with Crippen LogP contribution >= 0.6 is 0 Å². The van der Waals surface area contributed by atoms with Crippen LogP contribution in [0.25, 0.3) is 0 Å². The molecule has 0 saturated heterocycles. The second kappa shape index (κ2) is 6.95. The second-order valence-corrected chi connectivity index (χ2v) is 7.87. The number of hydrogen-bond acceptors (Lipinski definition) is 1. The molecule has 21 heavy (non-hydrogen) atoms. The summed E-state index contributed by atoms with van der Waals surface area (Å²) in [5.74, 6) is 2.56. The molecule has 1 aliphatic rings. The molecule has 0 radical (unpaired) electrons. The van der Waals surface area contributed by atoms with E-state index in [1.165, 1.54) is 11.1 Å². The molecule has 0 amide bonds. The van der Waals surface area contributed by atoms with E-state index in [0.717, 1.165) is 30.8 Å². The summed E-state index contributed by atoms with van der Waals surface area (Å²) in [6, 6.07) is 21.2. The molecule has 3 rings (SSSR count). The fraction of sp³-hybridized carbons (Fsp3) is 0.316. The number of Topliss-reactive ketones (excluding diaryl/α,β-unsaturated/α-hetero) is 1. The summed E-state index contributed by atoms with van der Waals surface area (Å²) in [4.78, 5) is 12.2. The third-order valence-corrected chi connectivity index (χ3v) is 6.75. The molecule has 0 aliphatic heterocycles. The van der Waals surface area contributed by atoms with Gasteiger partial charge in [-0.15, -0.1) is 0 Å². The van der Waals surface area contributed by atoms with E-state index < -0.39 is 0 Å². The highest BCUT2D eigenvalue weighted by Crippen LogP contribution is 2.28. The molecule has 1 fully saturated rings. The van der Waals surface area contributed by atoms with Crippen LogP contribution in [0.4, 0.5) is 0 Å². The van der Waals surface area contributed by atoms with Crippen LogP contribution in [0.3, 0.4) is 0 Å². The molecule has 0 spiro atoms. The first-order valence-electron chi connectivity index (χ1n) is 7.60. The number of ketones is 1. The molecule has 1 saturated carbocycles. The molecular weight excluding hydrogens is 276 g/mol. The zero-order valence-electron chi connectivity index (χ0n) is 12.2. The minimum Gasteiger partial charge on any atom is -0.294 e. The van der Waals surface area contributed by atoms with Crippen LogP contribution < -0.4 is 0 Å². The summed E-state index contributed by atoms with van der Waals surface area (Å²) >= 11 is 0. The highest BCUT2D eigenvalue weighted by atomic mass is 32.2. The van der Waals surface area contributed by atoms with E-state index in [9.17, 15) is 4.79 Å². The Morgan fingerprint density at radius 2 is 1.38 bits per heavy atom. The van der Waals surface area contributed by atoms with Gasteiger partial charge in [0.05, 0.1) is 0 Å². The Hall–Kier alpha value is -1.54. The maximum Gasteiger partial charge on any atom is 0.184 e. The zero-order valence-corrected chi connectivity index (χ0v) is 13.0. The third kappa shape index (κ3) is 3.76. The maximum absolute atomic E-state index is 12.2. The van der Waals surface area contributed by atoms with E-state index >= 15 is 0 Å². The predicted molar refractivity (Wildman–Crippen MR) is 90.3 cm³/mol. The molecule has 0 N–H and O–H groups in total. The molecule has 2 aromatic carbocycles. The topological polar surface area (TPSA) is 17.1 Å². The molecule has 1 unspecified atom stereocenters. The van der Waals surface area contributed by atoms with Gasteiger partial charge >= 0.3 is 0 Å². The van der Waals surface area contributed by atoms with Crippen LogP contribution in [0.2, 0.25) is 0 Å². The van der Waals surface area contributed by atoms with Crippen molar-refractivity contribution in [1.82, 2.24) is 0 Å². The first-order chi connectivity index (χ1) is 10.3. The van der Waals surface area contributed by atoms with Gasteiger partial charge in [0.2, 0.25) is 0 Å². The number of benzene rings is 2. The van der Waals surface area contributed by atoms with Crippen LogP contribution in [-0.4, -0.2) is 11.0 Å². The summed E-state index contributed by atoms with van der Waals surface area (Å²) < 4.78 is 0. The van der Waals surface area contributed by atoms with Crippen molar-refractivity contribution >= 4 is 16.7 Å². The summed E-state index contributed by atoms with van der Waals surface area (Å²) in [6.07, 6.45) is 2.95. The van der Waals surface area contributed by atoms with Crippen molar-refractivity contribution in [2.75, 3.05) is 0 Å². The van der Waals surface area contributed by atoms with Crippen molar-refractivity contribution in [3.63, 3.8) is 0 Å². The number of carbonyl (C=O) groups is 1. The van der Waals surface area contributed by atoms with Gasteiger partial charge in [-0.1, -0.05) is 60.7 Å². The van der Waals surface area contributed by atoms with E-state index in [0.29, 0.717) is 5.78 Å². The number of carbonyl (C=O) groups excluding carboxylic acids is 1. The standard InChI is InChI=1S/C19H21OS/c20-18-12-7-13-19(18)21(14-16-8-3-1-4-9-16)15-17-10-5-2-6-11-17/h1-6,8-11,19H,7,12-15H2/q+1. The van der Waals surface area contributed by atoms with Gasteiger partial charge in [-0.3, -0.25) is 4.79 Å². The molecular formula is C19H21OS+. The lowest BCUT2D eigenvalue weighted by Gasteiger charge is -2.14. The highest BCUT2D eigenvalue weighted by molar-refractivity contribution is 7.96. The molecule has 0 bridgehead atoms. The van der Waals surface area contributed by atoms with E-state index in [1.807, 2.05) is 0 Å². The predicted octanol–water partition coefficient (Wildman–Crippen LogP) is 4.13. The minimum absolute atomic E-state index is 0.119. The van der Waals surface area contributed by atoms with Crippen LogP contribution in [0, 0.1) is 0 Å². The number of hydrogen-bond donors (Lipinski definition) is 0. The molecule has 1 nitrogen and oxygen atoms in total. The van der Waals surface area contributed by atoms with Crippen molar-refractivity contribution in [2.24, 2.45) is 0 Å². The van der Waals surface area contributed by atoms with Gasteiger partial charge in [0.25, 0.3) is 0 Å². The average molecular weight is 297 g/mol. The molecule has 0 heterocycles. The lowest BCUT2D eigenvalue weighted by atomic mass is 10.2. The van der Waals surface area contributed by atoms with Crippen LogP contribution in [-0.2, 0) is 27.2 Å². The Labute approximate surface area is 129 Å². The van der Waals surface area contributed by atoms with Crippen LogP contribution in [0.5, 0.6) is 0 Å². The molecule has 1 aliphatic carbocycles. The third-order valence-electron chi connectivity index (χ3n) is 4.04. The van der Waals surface area contributed by atoms with E-state index in [4.69, 9.17) is 0 Å². The fourth-order valence-corrected chi connectivity index (χ4v) is 5.70. The van der Waals surface area contributed by atoms with Crippen molar-refractivity contribution in [2.45, 2.75) is 36.0 Å². The van der Waals surface area contributed by atoms with Gasteiger partial charge in [-0.2, -0.15) is 0 Å². The molecule has 1 atom stereocenters. The van der Waals surface area contributed by atoms with Gasteiger partial charge in [0, 0.05) is 34.9 Å². The van der Waals surface area contributed by atoms with Crippen molar-refractivity contribution in [3.05, 3.63) is 71.8 Å². The fourth-order valence-electron chi connectivity index (χ4n) is 2.97. The Kier molecular flexibility index (Phi) is 4.76. The normalized spacial score (nSPS) is 18.3. The van der Waals surface area contributed by atoms with Crippen LogP contribution in [0.1, 0.15) is 30.4 Å². The lowest BCUT2D eigenvalue weighted by molar-refractivity contribution is -0.117. The monoisotopic (exact) mass is 297 g/mol. The smallest absolute Gasteiger partial charge is 0.184 e. The largest absolute Gasteiger partial charge is 0.294 e. The average Bonchev–Trinajstić information content (AvgIpc) is 2.95. The molecule has 2 aromatic rings. The van der Waals surface area contributed by atoms with Gasteiger partial charge in [0.15, 0.2) is 11.0 Å². The van der Waals surface area contributed by atoms with Crippen molar-refractivity contribution < 1.29 is 4.79 Å². The summed E-state index contributed by atoms with van der Waals surface area (Å²) in [5.41, 5.74) is 2.72. The Balaban J connectivity index is 1.79. The van der Waals surface area contributed by atoms with Gasteiger partial charge in [-0.05, 0) is 6.42 Å². The van der Waals surface area contributed by atoms with Gasteiger partial charge in [0.1, 0.15) is 11.5 Å². The highest BCUT2D eigenvalue weighted by Gasteiger charge is 2.39. The minimum atomic E-state index is 0.119. The zero-order chi connectivity index (χ0) is 14.5. The summed E-state index contributed by atoms with van der Waals surface area (Å²) in [5, 5.41) is 0.283. The van der Waals surface area contributed by atoms with Gasteiger partial charge in [-0.25, -0.2) is 0 Å². The van der Waals surface area contributed by atoms with Crippen molar-refractivity contribution in [1.29, 1.82) is 0 Å². The molecule has 0 aromatic heterocycles. The molecule has 2 heteroatoms. The Morgan fingerprint density at radius 3 is 1.81 bits per heavy atom. The number of rotatable bonds is 5. The van der Waals surface area contributed by atoms with Crippen molar-refractivity contribution in [3.8, 4) is 0 Å². The summed E-state index contributed by atoms with van der Waals surface area (Å²) in [7, 11) is 0.119. The van der Waals surface area contributed by atoms with Gasteiger partial charge < -0.3 is 0 Å². The van der Waals surface area contributed by atoms with E-state index in [2.05, 4.69) is 60.7 Å². The Bertz CT molecular complexity index is 538. The Morgan fingerprint density at radius 1 is 0.857 bits per heavy atom. The quantitative estimate of drug-likeness (QED) is 0.759. The first kappa shape index (κ1) is 14.4. The van der Waals surface area contributed by atoms with Crippen LogP contribution in [0.15, 0.2) is 60.7 Å². The molecule has 108 valence electrons. The summed E-state index contributed by atoms with van der Waals surface area (Å²) in [6.45, 7) is 0. The maximum atomic E-state index is 12.2. The second-order valence-electron chi connectivity index (χ2n) is 5.64. The lowest BCUT2D eigenvalue weighted by Crippen LogP contribution is -2.28. The van der Waals surface area contributed by atoms with E-state index in [1.54, 1.807) is 0 Å². The van der Waals surface area contributed by atoms with E-state index in [-0.39, 0.29) is 16.1 Å². The SMILES string of the molecule is O=C1CCCC1[S+](Cc1ccccc1)Cc1ccccc1.